The molecule has 0 aliphatic carbocycles. The summed E-state index contributed by atoms with van der Waals surface area (Å²) < 4.78 is 0. The third-order valence-electron chi connectivity index (χ3n) is 4.03. The van der Waals surface area contributed by atoms with Gasteiger partial charge in [0.1, 0.15) is 0 Å². The molecule has 0 fully saturated rings. The minimum absolute atomic E-state index is 0.136. The molecule has 0 radical (unpaired) electrons. The number of nitro groups is 1. The number of rotatable bonds is 4. The third-order valence-corrected chi connectivity index (χ3v) is 4.28. The summed E-state index contributed by atoms with van der Waals surface area (Å²) in [5.41, 5.74) is 1.51. The largest absolute Gasteiger partial charge is 0.327 e. The van der Waals surface area contributed by atoms with Crippen molar-refractivity contribution >= 4 is 34.9 Å². The number of non-ortho nitro benzene ring substituents is 1. The molecule has 1 heterocycles. The molecule has 0 saturated carbocycles. The molecule has 2 aromatic carbocycles. The van der Waals surface area contributed by atoms with Gasteiger partial charge in [-0.15, -0.1) is 0 Å². The molecule has 27 heavy (non-hydrogen) atoms. The van der Waals surface area contributed by atoms with E-state index >= 15 is 0 Å². The van der Waals surface area contributed by atoms with Gasteiger partial charge in [0.2, 0.25) is 0 Å². The Kier molecular flexibility index (Phi) is 5.09. The Hall–Kier alpha value is -3.39. The maximum Gasteiger partial charge on any atom is 0.319 e. The highest BCUT2D eigenvalue weighted by Gasteiger charge is 2.31. The quantitative estimate of drug-likeness (QED) is 0.551. The molecule has 1 unspecified atom stereocenters. The Labute approximate surface area is 159 Å². The average molecular weight is 387 g/mol. The van der Waals surface area contributed by atoms with Crippen LogP contribution in [-0.2, 0) is 4.79 Å². The van der Waals surface area contributed by atoms with Gasteiger partial charge < -0.3 is 16.0 Å². The van der Waals surface area contributed by atoms with Crippen LogP contribution in [0.3, 0.4) is 0 Å². The van der Waals surface area contributed by atoms with Crippen LogP contribution in [0.5, 0.6) is 0 Å². The minimum Gasteiger partial charge on any atom is -0.327 e. The van der Waals surface area contributed by atoms with Crippen molar-refractivity contribution in [3.63, 3.8) is 0 Å². The fourth-order valence-electron chi connectivity index (χ4n) is 2.80. The van der Waals surface area contributed by atoms with Crippen molar-refractivity contribution < 1.29 is 14.5 Å². The van der Waals surface area contributed by atoms with Gasteiger partial charge in [0, 0.05) is 28.5 Å². The van der Waals surface area contributed by atoms with E-state index in [1.165, 1.54) is 18.2 Å². The number of nitrogens with one attached hydrogen (secondary N) is 3. The number of urea groups is 1. The Morgan fingerprint density at radius 2 is 1.93 bits per heavy atom. The Morgan fingerprint density at radius 3 is 2.59 bits per heavy atom. The predicted molar refractivity (Wildman–Crippen MR) is 100 cm³/mol. The number of hydrogen-bond acceptors (Lipinski definition) is 4. The zero-order valence-electron chi connectivity index (χ0n) is 14.2. The van der Waals surface area contributed by atoms with E-state index < -0.39 is 22.9 Å². The van der Waals surface area contributed by atoms with E-state index in [9.17, 15) is 19.7 Å². The fraction of sp³-hybridized carbons (Fsp3) is 0.111. The molecule has 0 bridgehead atoms. The van der Waals surface area contributed by atoms with Crippen molar-refractivity contribution in [3.05, 3.63) is 80.5 Å². The van der Waals surface area contributed by atoms with Crippen molar-refractivity contribution in [2.24, 2.45) is 0 Å². The standard InChI is InChI=1S/C18H15ClN4O4/c1-10-15(17(24)21-13-3-2-4-14(9-13)23(26)27)16(22-18(25)20-10)11-5-7-12(19)8-6-11/h2-9,16H,1H3,(H,21,24)(H2,20,22,25). The normalized spacial score (nSPS) is 16.4. The third kappa shape index (κ3) is 4.06. The Balaban J connectivity index is 1.93. The summed E-state index contributed by atoms with van der Waals surface area (Å²) in [6.07, 6.45) is 0. The highest BCUT2D eigenvalue weighted by Crippen LogP contribution is 2.29. The number of amides is 3. The molecule has 0 saturated heterocycles. The van der Waals surface area contributed by atoms with Crippen LogP contribution in [0.15, 0.2) is 59.8 Å². The van der Waals surface area contributed by atoms with E-state index in [0.717, 1.165) is 0 Å². The summed E-state index contributed by atoms with van der Waals surface area (Å²) in [5, 5.41) is 19.4. The van der Waals surface area contributed by atoms with Gasteiger partial charge in [0.25, 0.3) is 11.6 Å². The van der Waals surface area contributed by atoms with E-state index in [1.54, 1.807) is 37.3 Å². The molecule has 3 rings (SSSR count). The zero-order chi connectivity index (χ0) is 19.6. The highest BCUT2D eigenvalue weighted by atomic mass is 35.5. The summed E-state index contributed by atoms with van der Waals surface area (Å²) in [6.45, 7) is 1.62. The van der Waals surface area contributed by atoms with Crippen molar-refractivity contribution in [3.8, 4) is 0 Å². The first-order valence-electron chi connectivity index (χ1n) is 7.94. The number of nitrogens with zero attached hydrogens (tertiary/aromatic N) is 1. The lowest BCUT2D eigenvalue weighted by Crippen LogP contribution is -2.45. The second-order valence-electron chi connectivity index (χ2n) is 5.88. The van der Waals surface area contributed by atoms with Crippen LogP contribution in [0.25, 0.3) is 0 Å². The molecule has 9 heteroatoms. The molecule has 138 valence electrons. The molecular weight excluding hydrogens is 372 g/mol. The van der Waals surface area contributed by atoms with Crippen LogP contribution in [0, 0.1) is 10.1 Å². The average Bonchev–Trinajstić information content (AvgIpc) is 2.61. The lowest BCUT2D eigenvalue weighted by molar-refractivity contribution is -0.384. The van der Waals surface area contributed by atoms with E-state index in [2.05, 4.69) is 16.0 Å². The molecule has 3 amide bonds. The molecular formula is C18H15ClN4O4. The number of hydrogen-bond donors (Lipinski definition) is 3. The lowest BCUT2D eigenvalue weighted by Gasteiger charge is -2.28. The Morgan fingerprint density at radius 1 is 1.22 bits per heavy atom. The zero-order valence-corrected chi connectivity index (χ0v) is 14.9. The molecule has 3 N–H and O–H groups in total. The van der Waals surface area contributed by atoms with Gasteiger partial charge in [-0.05, 0) is 30.7 Å². The summed E-state index contributed by atoms with van der Waals surface area (Å²) in [6, 6.07) is 11.3. The van der Waals surface area contributed by atoms with Crippen LogP contribution in [0.4, 0.5) is 16.2 Å². The maximum absolute atomic E-state index is 12.9. The smallest absolute Gasteiger partial charge is 0.319 e. The molecule has 2 aromatic rings. The molecule has 0 aromatic heterocycles. The number of nitro benzene ring substituents is 1. The van der Waals surface area contributed by atoms with Crippen LogP contribution in [-0.4, -0.2) is 16.9 Å². The van der Waals surface area contributed by atoms with Crippen molar-refractivity contribution in [1.29, 1.82) is 0 Å². The monoisotopic (exact) mass is 386 g/mol. The summed E-state index contributed by atoms with van der Waals surface area (Å²) in [4.78, 5) is 35.1. The summed E-state index contributed by atoms with van der Waals surface area (Å²) in [5.74, 6) is -0.486. The first-order chi connectivity index (χ1) is 12.8. The van der Waals surface area contributed by atoms with E-state index in [-0.39, 0.29) is 11.4 Å². The SMILES string of the molecule is CC1=C(C(=O)Nc2cccc([N+](=O)[O-])c2)C(c2ccc(Cl)cc2)NC(=O)N1. The first kappa shape index (κ1) is 18.4. The molecule has 0 spiro atoms. The molecule has 1 atom stereocenters. The number of carbonyl (C=O) groups is 2. The molecule has 1 aliphatic heterocycles. The van der Waals surface area contributed by atoms with Gasteiger partial charge in [-0.25, -0.2) is 4.79 Å². The number of allylic oxidation sites excluding steroid dienone is 1. The molecule has 1 aliphatic rings. The first-order valence-corrected chi connectivity index (χ1v) is 8.32. The minimum atomic E-state index is -0.685. The summed E-state index contributed by atoms with van der Waals surface area (Å²) in [7, 11) is 0. The van der Waals surface area contributed by atoms with Crippen molar-refractivity contribution in [2.45, 2.75) is 13.0 Å². The van der Waals surface area contributed by atoms with Crippen molar-refractivity contribution in [2.75, 3.05) is 5.32 Å². The van der Waals surface area contributed by atoms with Gasteiger partial charge in [-0.1, -0.05) is 29.8 Å². The fourth-order valence-corrected chi connectivity index (χ4v) is 2.92. The van der Waals surface area contributed by atoms with Crippen LogP contribution >= 0.6 is 11.6 Å². The van der Waals surface area contributed by atoms with E-state index in [4.69, 9.17) is 11.6 Å². The van der Waals surface area contributed by atoms with Gasteiger partial charge in [-0.3, -0.25) is 14.9 Å². The predicted octanol–water partition coefficient (Wildman–Crippen LogP) is 3.51. The maximum atomic E-state index is 12.9. The van der Waals surface area contributed by atoms with Gasteiger partial charge in [0.05, 0.1) is 16.5 Å². The molecule has 8 nitrogen and oxygen atoms in total. The van der Waals surface area contributed by atoms with Crippen LogP contribution < -0.4 is 16.0 Å². The van der Waals surface area contributed by atoms with Gasteiger partial charge >= 0.3 is 6.03 Å². The summed E-state index contributed by atoms with van der Waals surface area (Å²) >= 11 is 5.91. The Bertz CT molecular complexity index is 956. The van der Waals surface area contributed by atoms with E-state index in [0.29, 0.717) is 21.9 Å². The van der Waals surface area contributed by atoms with Crippen LogP contribution in [0.2, 0.25) is 5.02 Å². The number of anilines is 1. The van der Waals surface area contributed by atoms with Gasteiger partial charge in [-0.2, -0.15) is 0 Å². The number of halogens is 1. The second-order valence-corrected chi connectivity index (χ2v) is 6.32. The lowest BCUT2D eigenvalue weighted by atomic mass is 9.95. The second kappa shape index (κ2) is 7.46. The van der Waals surface area contributed by atoms with Gasteiger partial charge in [0.15, 0.2) is 0 Å². The highest BCUT2D eigenvalue weighted by molar-refractivity contribution is 6.30. The topological polar surface area (TPSA) is 113 Å². The van der Waals surface area contributed by atoms with Crippen LogP contribution in [0.1, 0.15) is 18.5 Å². The van der Waals surface area contributed by atoms with Crippen molar-refractivity contribution in [1.82, 2.24) is 10.6 Å². The number of benzene rings is 2. The number of carbonyl (C=O) groups excluding carboxylic acids is 2. The van der Waals surface area contributed by atoms with E-state index in [1.807, 2.05) is 0 Å².